The number of aliphatic imine (C=N–C) groups is 1. The molecule has 156 valence electrons. The zero-order chi connectivity index (χ0) is 21.3. The minimum absolute atomic E-state index is 0.134. The van der Waals surface area contributed by atoms with Crippen molar-refractivity contribution >= 4 is 28.5 Å². The number of para-hydroxylation sites is 1. The van der Waals surface area contributed by atoms with E-state index in [9.17, 15) is 4.39 Å². The molecule has 3 rings (SSSR count). The molecular weight excluding hydrogens is 379 g/mol. The van der Waals surface area contributed by atoms with Crippen LogP contribution in [-0.4, -0.2) is 28.7 Å². The summed E-state index contributed by atoms with van der Waals surface area (Å²) < 4.78 is 13.6. The number of allylic oxidation sites excluding steroid dienone is 2. The van der Waals surface area contributed by atoms with Crippen molar-refractivity contribution in [2.75, 3.05) is 11.9 Å². The van der Waals surface area contributed by atoms with Gasteiger partial charge in [-0.2, -0.15) is 4.39 Å². The molecule has 0 aliphatic heterocycles. The van der Waals surface area contributed by atoms with Gasteiger partial charge in [-0.05, 0) is 69.4 Å². The molecule has 0 bridgehead atoms. The van der Waals surface area contributed by atoms with Crippen molar-refractivity contribution in [2.45, 2.75) is 51.9 Å². The summed E-state index contributed by atoms with van der Waals surface area (Å²) in [7, 11) is 0. The molecule has 0 radical (unpaired) electrons. The van der Waals surface area contributed by atoms with Crippen molar-refractivity contribution in [3.05, 3.63) is 47.0 Å². The van der Waals surface area contributed by atoms with Crippen LogP contribution in [0.5, 0.6) is 0 Å². The molecule has 1 aromatic carbocycles. The molecule has 0 unspecified atom stereocenters. The predicted octanol–water partition coefficient (Wildman–Crippen LogP) is 5.43. The highest BCUT2D eigenvalue weighted by atomic mass is 19.1. The Labute approximate surface area is 176 Å². The third-order valence-corrected chi connectivity index (χ3v) is 5.28. The van der Waals surface area contributed by atoms with Gasteiger partial charge in [0.2, 0.25) is 0 Å². The number of nitrogens with one attached hydrogen (secondary N) is 1. The zero-order valence-electron chi connectivity index (χ0n) is 17.3. The van der Waals surface area contributed by atoms with Crippen molar-refractivity contribution in [1.82, 2.24) is 4.98 Å². The van der Waals surface area contributed by atoms with Gasteiger partial charge in [0.05, 0.1) is 11.7 Å². The molecule has 6 heteroatoms. The number of nitrogens with zero attached hydrogens (tertiary/aromatic N) is 3. The number of hydrogen-bond acceptors (Lipinski definition) is 5. The number of anilines is 1. The molecule has 0 saturated carbocycles. The lowest BCUT2D eigenvalue weighted by Gasteiger charge is -2.21. The van der Waals surface area contributed by atoms with Gasteiger partial charge in [0.25, 0.3) is 0 Å². The first-order valence-corrected chi connectivity index (χ1v) is 10.4. The van der Waals surface area contributed by atoms with Crippen LogP contribution in [0.3, 0.4) is 0 Å². The number of aryl methyl sites for hydroxylation is 1. The van der Waals surface area contributed by atoms with Crippen LogP contribution >= 0.6 is 0 Å². The summed E-state index contributed by atoms with van der Waals surface area (Å²) in [6.07, 6.45) is 13.0. The summed E-state index contributed by atoms with van der Waals surface area (Å²) in [4.78, 5) is 9.01. The molecule has 2 N–H and O–H groups in total. The maximum atomic E-state index is 13.6. The number of oxime groups is 1. The SMILES string of the molecule is C#C/C(F)=C(/C=N/O)\N=C(/C)CCCCNc1c2c(nc3ccccc13)CCCC2. The average molecular weight is 407 g/mol. The molecule has 2 aromatic rings. The molecule has 0 fully saturated rings. The molecule has 1 heterocycles. The van der Waals surface area contributed by atoms with E-state index >= 15 is 0 Å². The Morgan fingerprint density at radius 3 is 2.90 bits per heavy atom. The first-order chi connectivity index (χ1) is 14.6. The monoisotopic (exact) mass is 406 g/mol. The minimum atomic E-state index is -0.844. The highest BCUT2D eigenvalue weighted by Crippen LogP contribution is 2.33. The molecular formula is C24H27FN4O. The maximum absolute atomic E-state index is 13.6. The fourth-order valence-corrected chi connectivity index (χ4v) is 3.82. The van der Waals surface area contributed by atoms with Crippen LogP contribution < -0.4 is 5.32 Å². The molecule has 1 aliphatic rings. The van der Waals surface area contributed by atoms with E-state index in [4.69, 9.17) is 16.6 Å². The smallest absolute Gasteiger partial charge is 0.200 e. The van der Waals surface area contributed by atoms with Gasteiger partial charge in [0.1, 0.15) is 5.70 Å². The lowest BCUT2D eigenvalue weighted by atomic mass is 9.92. The summed E-state index contributed by atoms with van der Waals surface area (Å²) in [6, 6.07) is 8.29. The molecule has 30 heavy (non-hydrogen) atoms. The van der Waals surface area contributed by atoms with Crippen LogP contribution in [0.2, 0.25) is 0 Å². The standard InChI is InChI=1S/C24H27FN4O/c1-3-20(25)23(16-27-30)28-17(2)10-8-9-15-26-24-18-11-4-6-13-21(18)29-22-14-7-5-12-19(22)24/h1,4,6,11,13,16,30H,5,7-10,12,14-15H2,2H3,(H,26,29)/b23-20+,27-16+,28-17+. The number of pyridine rings is 1. The van der Waals surface area contributed by atoms with E-state index in [0.717, 1.165) is 49.7 Å². The van der Waals surface area contributed by atoms with E-state index in [1.165, 1.54) is 35.2 Å². The van der Waals surface area contributed by atoms with Crippen LogP contribution in [0.25, 0.3) is 10.9 Å². The highest BCUT2D eigenvalue weighted by molar-refractivity contribution is 5.93. The van der Waals surface area contributed by atoms with E-state index in [0.29, 0.717) is 6.42 Å². The van der Waals surface area contributed by atoms with E-state index < -0.39 is 5.83 Å². The van der Waals surface area contributed by atoms with Crippen LogP contribution in [0.15, 0.2) is 45.9 Å². The molecule has 1 aliphatic carbocycles. The number of benzene rings is 1. The maximum Gasteiger partial charge on any atom is 0.200 e. The van der Waals surface area contributed by atoms with Gasteiger partial charge in [0, 0.05) is 29.0 Å². The van der Waals surface area contributed by atoms with Gasteiger partial charge in [-0.25, -0.2) is 0 Å². The highest BCUT2D eigenvalue weighted by Gasteiger charge is 2.17. The van der Waals surface area contributed by atoms with Gasteiger partial charge in [-0.1, -0.05) is 23.4 Å². The largest absolute Gasteiger partial charge is 0.411 e. The zero-order valence-corrected chi connectivity index (χ0v) is 17.3. The molecule has 0 atom stereocenters. The molecule has 1 aromatic heterocycles. The molecule has 0 saturated heterocycles. The summed E-state index contributed by atoms with van der Waals surface area (Å²) in [5, 5.41) is 16.3. The molecule has 0 spiro atoms. The minimum Gasteiger partial charge on any atom is -0.411 e. The summed E-state index contributed by atoms with van der Waals surface area (Å²) in [6.45, 7) is 2.66. The molecule has 5 nitrogen and oxygen atoms in total. The molecule has 0 amide bonds. The van der Waals surface area contributed by atoms with Gasteiger partial charge in [-0.3, -0.25) is 9.98 Å². The number of terminal acetylenes is 1. The third kappa shape index (κ3) is 5.24. The van der Waals surface area contributed by atoms with Crippen LogP contribution in [0.4, 0.5) is 10.1 Å². The van der Waals surface area contributed by atoms with E-state index in [-0.39, 0.29) is 5.70 Å². The average Bonchev–Trinajstić information content (AvgIpc) is 2.77. The van der Waals surface area contributed by atoms with E-state index in [1.54, 1.807) is 0 Å². The Balaban J connectivity index is 1.62. The number of unbranched alkanes of at least 4 members (excludes halogenated alkanes) is 1. The quantitative estimate of drug-likeness (QED) is 0.202. The lowest BCUT2D eigenvalue weighted by Crippen LogP contribution is -2.12. The predicted molar refractivity (Wildman–Crippen MR) is 121 cm³/mol. The third-order valence-electron chi connectivity index (χ3n) is 5.28. The summed E-state index contributed by atoms with van der Waals surface area (Å²) in [5.74, 6) is 1.03. The van der Waals surface area contributed by atoms with Gasteiger partial charge in [0.15, 0.2) is 5.83 Å². The van der Waals surface area contributed by atoms with Crippen molar-refractivity contribution in [3.8, 4) is 12.3 Å². The van der Waals surface area contributed by atoms with Crippen molar-refractivity contribution in [3.63, 3.8) is 0 Å². The van der Waals surface area contributed by atoms with Crippen LogP contribution in [-0.2, 0) is 12.8 Å². The fraction of sp³-hybridized carbons (Fsp3) is 0.375. The lowest BCUT2D eigenvalue weighted by molar-refractivity contribution is 0.321. The van der Waals surface area contributed by atoms with E-state index in [1.807, 2.05) is 18.9 Å². The summed E-state index contributed by atoms with van der Waals surface area (Å²) in [5.41, 5.74) is 5.46. The topological polar surface area (TPSA) is 69.9 Å². The second-order valence-electron chi connectivity index (χ2n) is 7.46. The van der Waals surface area contributed by atoms with Crippen molar-refractivity contribution in [1.29, 1.82) is 0 Å². The Kier molecular flexibility index (Phi) is 7.56. The van der Waals surface area contributed by atoms with Crippen molar-refractivity contribution < 1.29 is 9.60 Å². The first kappa shape index (κ1) is 21.5. The van der Waals surface area contributed by atoms with Crippen LogP contribution in [0.1, 0.15) is 50.3 Å². The van der Waals surface area contributed by atoms with Crippen LogP contribution in [0, 0.1) is 12.3 Å². The number of fused-ring (bicyclic) bond motifs is 2. The second kappa shape index (κ2) is 10.5. The Hall–Kier alpha value is -3.20. The van der Waals surface area contributed by atoms with Crippen molar-refractivity contribution in [2.24, 2.45) is 10.1 Å². The fourth-order valence-electron chi connectivity index (χ4n) is 3.82. The van der Waals surface area contributed by atoms with Gasteiger partial charge < -0.3 is 10.5 Å². The number of rotatable bonds is 8. The second-order valence-corrected chi connectivity index (χ2v) is 7.46. The normalized spacial score (nSPS) is 15.0. The summed E-state index contributed by atoms with van der Waals surface area (Å²) >= 11 is 0. The Morgan fingerprint density at radius 1 is 1.30 bits per heavy atom. The van der Waals surface area contributed by atoms with Gasteiger partial charge >= 0.3 is 0 Å². The number of hydrogen-bond donors (Lipinski definition) is 2. The Morgan fingerprint density at radius 2 is 2.10 bits per heavy atom. The number of halogens is 1. The first-order valence-electron chi connectivity index (χ1n) is 10.4. The number of aromatic nitrogens is 1. The van der Waals surface area contributed by atoms with E-state index in [2.05, 4.69) is 33.7 Å². The Bertz CT molecular complexity index is 1030. The van der Waals surface area contributed by atoms with Gasteiger partial charge in [-0.15, -0.1) is 6.42 Å².